The molecule has 7 heteroatoms. The van der Waals surface area contributed by atoms with E-state index < -0.39 is 0 Å². The molecule has 0 radical (unpaired) electrons. The van der Waals surface area contributed by atoms with Crippen molar-refractivity contribution in [1.82, 2.24) is 25.1 Å². The smallest absolute Gasteiger partial charge is 0.318 e. The summed E-state index contributed by atoms with van der Waals surface area (Å²) in [4.78, 5) is 34.9. The lowest BCUT2D eigenvalue weighted by molar-refractivity contribution is -0.138. The van der Waals surface area contributed by atoms with Gasteiger partial charge in [0.2, 0.25) is 5.91 Å². The third kappa shape index (κ3) is 3.74. The molecule has 0 aromatic carbocycles. The summed E-state index contributed by atoms with van der Waals surface area (Å²) in [6.45, 7) is 3.57. The number of piperazine rings is 1. The Morgan fingerprint density at radius 1 is 1.52 bits per heavy atom. The summed E-state index contributed by atoms with van der Waals surface area (Å²) in [7, 11) is 1.79. The number of hydrogen-bond acceptors (Lipinski definition) is 3. The number of hydrogen-bond donors (Lipinski definition) is 2. The van der Waals surface area contributed by atoms with Crippen LogP contribution in [0.3, 0.4) is 0 Å². The number of rotatable bonds is 5. The molecule has 0 unspecified atom stereocenters. The summed E-state index contributed by atoms with van der Waals surface area (Å²) in [6, 6.07) is -0.547. The molecule has 1 aliphatic rings. The van der Waals surface area contributed by atoms with E-state index in [0.29, 0.717) is 31.9 Å². The molecule has 7 nitrogen and oxygen atoms in total. The predicted octanol–water partition coefficient (Wildman–Crippen LogP) is 0.952. The highest BCUT2D eigenvalue weighted by atomic mass is 16.2. The number of carbonyl (C=O) groups excluding carboxylic acids is 2. The molecule has 3 amide bonds. The number of urea groups is 1. The zero-order valence-corrected chi connectivity index (χ0v) is 12.6. The van der Waals surface area contributed by atoms with Gasteiger partial charge in [-0.15, -0.1) is 0 Å². The Balaban J connectivity index is 1.97. The number of unbranched alkanes of at least 4 members (excludes halogenated alkanes) is 1. The highest BCUT2D eigenvalue weighted by molar-refractivity contribution is 5.88. The number of likely N-dealkylation sites (N-methyl/N-ethyl adjacent to an activating group) is 1. The second kappa shape index (κ2) is 7.10. The van der Waals surface area contributed by atoms with Gasteiger partial charge in [-0.1, -0.05) is 19.8 Å². The Hall–Kier alpha value is -2.05. The summed E-state index contributed by atoms with van der Waals surface area (Å²) >= 11 is 0. The van der Waals surface area contributed by atoms with Crippen molar-refractivity contribution >= 4 is 11.9 Å². The van der Waals surface area contributed by atoms with Gasteiger partial charge in [0.05, 0.1) is 6.54 Å². The third-order valence-corrected chi connectivity index (χ3v) is 3.77. The maximum absolute atomic E-state index is 12.3. The normalized spacial score (nSPS) is 19.0. The van der Waals surface area contributed by atoms with Crippen LogP contribution in [-0.4, -0.2) is 57.9 Å². The predicted molar refractivity (Wildman–Crippen MR) is 78.5 cm³/mol. The first kappa shape index (κ1) is 15.3. The topological polar surface area (TPSA) is 81.3 Å². The summed E-state index contributed by atoms with van der Waals surface area (Å²) in [5.41, 5.74) is 0. The number of nitrogens with one attached hydrogen (secondary N) is 2. The van der Waals surface area contributed by atoms with Crippen molar-refractivity contribution in [2.75, 3.05) is 20.1 Å². The molecule has 0 spiro atoms. The zero-order valence-electron chi connectivity index (χ0n) is 12.6. The van der Waals surface area contributed by atoms with E-state index in [4.69, 9.17) is 0 Å². The molecule has 1 aromatic rings. The second-order valence-corrected chi connectivity index (χ2v) is 5.31. The van der Waals surface area contributed by atoms with Crippen LogP contribution in [0.5, 0.6) is 0 Å². The lowest BCUT2D eigenvalue weighted by Crippen LogP contribution is -2.59. The van der Waals surface area contributed by atoms with Crippen molar-refractivity contribution in [3.63, 3.8) is 0 Å². The summed E-state index contributed by atoms with van der Waals surface area (Å²) < 4.78 is 0. The van der Waals surface area contributed by atoms with Crippen LogP contribution in [0.15, 0.2) is 12.4 Å². The van der Waals surface area contributed by atoms with E-state index in [1.807, 2.05) is 0 Å². The van der Waals surface area contributed by atoms with Gasteiger partial charge in [0.15, 0.2) is 0 Å². The van der Waals surface area contributed by atoms with Gasteiger partial charge in [0.25, 0.3) is 0 Å². The van der Waals surface area contributed by atoms with E-state index in [-0.39, 0.29) is 18.0 Å². The van der Waals surface area contributed by atoms with Gasteiger partial charge in [0, 0.05) is 32.5 Å². The van der Waals surface area contributed by atoms with Crippen LogP contribution in [-0.2, 0) is 11.3 Å². The minimum atomic E-state index is -0.347. The van der Waals surface area contributed by atoms with E-state index in [1.165, 1.54) is 0 Å². The van der Waals surface area contributed by atoms with Crippen molar-refractivity contribution < 1.29 is 9.59 Å². The maximum atomic E-state index is 12.3. The van der Waals surface area contributed by atoms with E-state index in [0.717, 1.165) is 12.8 Å². The van der Waals surface area contributed by atoms with Gasteiger partial charge in [-0.3, -0.25) is 4.79 Å². The molecular weight excluding hydrogens is 270 g/mol. The van der Waals surface area contributed by atoms with Crippen LogP contribution in [0, 0.1) is 0 Å². The largest absolute Gasteiger partial charge is 0.347 e. The fourth-order valence-corrected chi connectivity index (χ4v) is 2.49. The molecule has 1 saturated heterocycles. The molecule has 2 N–H and O–H groups in total. The molecular formula is C14H23N5O2. The number of H-pyrrole nitrogens is 1. The quantitative estimate of drug-likeness (QED) is 0.848. The minimum absolute atomic E-state index is 0.0304. The fourth-order valence-electron chi connectivity index (χ4n) is 2.49. The van der Waals surface area contributed by atoms with Crippen molar-refractivity contribution in [2.45, 2.75) is 38.8 Å². The first-order valence-corrected chi connectivity index (χ1v) is 7.41. The monoisotopic (exact) mass is 293 g/mol. The van der Waals surface area contributed by atoms with E-state index in [1.54, 1.807) is 29.2 Å². The molecule has 116 valence electrons. The second-order valence-electron chi connectivity index (χ2n) is 5.31. The molecule has 0 aliphatic carbocycles. The summed E-state index contributed by atoms with van der Waals surface area (Å²) in [5, 5.41) is 2.82. The lowest BCUT2D eigenvalue weighted by Gasteiger charge is -2.39. The van der Waals surface area contributed by atoms with Crippen LogP contribution >= 0.6 is 0 Å². The van der Waals surface area contributed by atoms with Gasteiger partial charge >= 0.3 is 6.03 Å². The van der Waals surface area contributed by atoms with Gasteiger partial charge < -0.3 is 20.1 Å². The van der Waals surface area contributed by atoms with Crippen molar-refractivity contribution in [1.29, 1.82) is 0 Å². The summed E-state index contributed by atoms with van der Waals surface area (Å²) in [6.07, 6.45) is 6.02. The first-order valence-electron chi connectivity index (χ1n) is 7.41. The molecule has 21 heavy (non-hydrogen) atoms. The summed E-state index contributed by atoms with van der Waals surface area (Å²) in [5.74, 6) is 0.733. The number of carbonyl (C=O) groups is 2. The van der Waals surface area contributed by atoms with Crippen molar-refractivity contribution in [2.24, 2.45) is 0 Å². The standard InChI is InChI=1S/C14H23N5O2/c1-3-4-5-11-13(20)18(2)8-9-19(11)14(21)17-10-12-15-6-7-16-12/h6-7,11H,3-5,8-10H2,1-2H3,(H,15,16)(H,17,21)/t11-/m0/s1. The average molecular weight is 293 g/mol. The van der Waals surface area contributed by atoms with Gasteiger partial charge in [-0.05, 0) is 6.42 Å². The van der Waals surface area contributed by atoms with Crippen molar-refractivity contribution in [3.05, 3.63) is 18.2 Å². The highest BCUT2D eigenvalue weighted by Gasteiger charge is 2.35. The molecule has 1 fully saturated rings. The van der Waals surface area contributed by atoms with E-state index >= 15 is 0 Å². The Labute approximate surface area is 124 Å². The van der Waals surface area contributed by atoms with Crippen LogP contribution in [0.2, 0.25) is 0 Å². The molecule has 1 aromatic heterocycles. The zero-order chi connectivity index (χ0) is 15.2. The Kier molecular flexibility index (Phi) is 5.19. The molecule has 0 bridgehead atoms. The molecule has 0 saturated carbocycles. The SMILES string of the molecule is CCCC[C@H]1C(=O)N(C)CCN1C(=O)NCc1ncc[nH]1. The fraction of sp³-hybridized carbons (Fsp3) is 0.643. The number of nitrogens with zero attached hydrogens (tertiary/aromatic N) is 3. The first-order chi connectivity index (χ1) is 10.1. The lowest BCUT2D eigenvalue weighted by atomic mass is 10.0. The highest BCUT2D eigenvalue weighted by Crippen LogP contribution is 2.16. The number of aromatic nitrogens is 2. The molecule has 2 rings (SSSR count). The number of imidazole rings is 1. The average Bonchev–Trinajstić information content (AvgIpc) is 2.99. The minimum Gasteiger partial charge on any atom is -0.347 e. The number of aromatic amines is 1. The Morgan fingerprint density at radius 2 is 2.33 bits per heavy atom. The van der Waals surface area contributed by atoms with Crippen LogP contribution in [0.1, 0.15) is 32.0 Å². The van der Waals surface area contributed by atoms with Gasteiger partial charge in [-0.2, -0.15) is 0 Å². The van der Waals surface area contributed by atoms with Crippen molar-refractivity contribution in [3.8, 4) is 0 Å². The Bertz CT molecular complexity index is 474. The van der Waals surface area contributed by atoms with Crippen LogP contribution in [0.25, 0.3) is 0 Å². The third-order valence-electron chi connectivity index (χ3n) is 3.77. The van der Waals surface area contributed by atoms with Gasteiger partial charge in [0.1, 0.15) is 11.9 Å². The number of amides is 3. The van der Waals surface area contributed by atoms with Gasteiger partial charge in [-0.25, -0.2) is 9.78 Å². The molecule has 1 atom stereocenters. The molecule has 2 heterocycles. The maximum Gasteiger partial charge on any atom is 0.318 e. The van der Waals surface area contributed by atoms with E-state index in [2.05, 4.69) is 22.2 Å². The van der Waals surface area contributed by atoms with Crippen LogP contribution < -0.4 is 5.32 Å². The van der Waals surface area contributed by atoms with E-state index in [9.17, 15) is 9.59 Å². The molecule has 1 aliphatic heterocycles. The Morgan fingerprint density at radius 3 is 3.00 bits per heavy atom. The van der Waals surface area contributed by atoms with Crippen LogP contribution in [0.4, 0.5) is 4.79 Å².